The van der Waals surface area contributed by atoms with E-state index in [1.54, 1.807) is 13.1 Å². The van der Waals surface area contributed by atoms with Gasteiger partial charge in [-0.3, -0.25) is 9.69 Å². The Kier molecular flexibility index (Phi) is 4.53. The summed E-state index contributed by atoms with van der Waals surface area (Å²) in [6.45, 7) is 13.7. The molecule has 7 nitrogen and oxygen atoms in total. The molecular weight excluding hydrogens is 364 g/mol. The van der Waals surface area contributed by atoms with Gasteiger partial charge in [0.05, 0.1) is 12.4 Å². The second-order valence-electron chi connectivity index (χ2n) is 9.45. The molecule has 2 N–H and O–H groups in total. The molecule has 2 aliphatic rings. The molecule has 1 amide bonds. The number of nitrogen functional groups attached to an aromatic ring is 1. The minimum atomic E-state index is -0.0250. The van der Waals surface area contributed by atoms with E-state index in [0.717, 1.165) is 36.8 Å². The molecule has 1 saturated heterocycles. The van der Waals surface area contributed by atoms with Crippen molar-refractivity contribution in [2.75, 3.05) is 35.3 Å². The van der Waals surface area contributed by atoms with Gasteiger partial charge in [0.1, 0.15) is 0 Å². The molecule has 0 radical (unpaired) electrons. The van der Waals surface area contributed by atoms with Gasteiger partial charge in [-0.25, -0.2) is 9.97 Å². The normalized spacial score (nSPS) is 20.2. The minimum Gasteiger partial charge on any atom is -0.368 e. The Bertz CT molecular complexity index is 954. The van der Waals surface area contributed by atoms with Gasteiger partial charge in [-0.2, -0.15) is 0 Å². The van der Waals surface area contributed by atoms with E-state index in [9.17, 15) is 4.79 Å². The van der Waals surface area contributed by atoms with E-state index in [1.165, 1.54) is 5.56 Å². The zero-order chi connectivity index (χ0) is 21.0. The second kappa shape index (κ2) is 6.69. The quantitative estimate of drug-likeness (QED) is 0.862. The van der Waals surface area contributed by atoms with Crippen molar-refractivity contribution < 1.29 is 4.79 Å². The highest BCUT2D eigenvalue weighted by Gasteiger charge is 2.40. The molecule has 0 spiro atoms. The van der Waals surface area contributed by atoms with Gasteiger partial charge in [-0.1, -0.05) is 19.9 Å². The minimum absolute atomic E-state index is 0.0156. The van der Waals surface area contributed by atoms with Crippen LogP contribution in [0.4, 0.5) is 17.3 Å². The number of fused-ring (bicyclic) bond motifs is 1. The van der Waals surface area contributed by atoms with Crippen molar-refractivity contribution in [1.29, 1.82) is 0 Å². The number of aromatic nitrogens is 2. The molecule has 0 aliphatic carbocycles. The first-order chi connectivity index (χ1) is 13.6. The van der Waals surface area contributed by atoms with Crippen molar-refractivity contribution in [3.8, 4) is 0 Å². The third-order valence-electron chi connectivity index (χ3n) is 6.16. The first-order valence-corrected chi connectivity index (χ1v) is 10.1. The number of nitrogens with two attached hydrogens (primary N) is 1. The van der Waals surface area contributed by atoms with Crippen LogP contribution in [-0.4, -0.2) is 46.1 Å². The van der Waals surface area contributed by atoms with E-state index in [0.29, 0.717) is 12.5 Å². The molecule has 2 aliphatic heterocycles. The number of carbonyl (C=O) groups is 1. The first kappa shape index (κ1) is 19.6. The molecule has 4 rings (SSSR count). The number of benzene rings is 1. The van der Waals surface area contributed by atoms with Gasteiger partial charge in [-0.05, 0) is 37.6 Å². The summed E-state index contributed by atoms with van der Waals surface area (Å²) in [5.74, 6) is 0.403. The van der Waals surface area contributed by atoms with E-state index >= 15 is 0 Å². The molecule has 154 valence electrons. The summed E-state index contributed by atoms with van der Waals surface area (Å²) in [6, 6.07) is 8.46. The number of nitrogens with zero attached hydrogens (tertiary/aromatic N) is 5. The van der Waals surface area contributed by atoms with Crippen LogP contribution in [0.3, 0.4) is 0 Å². The number of hydrogen-bond donors (Lipinski definition) is 1. The van der Waals surface area contributed by atoms with E-state index in [-0.39, 0.29) is 16.9 Å². The lowest BCUT2D eigenvalue weighted by atomic mass is 9.87. The third kappa shape index (κ3) is 3.55. The molecule has 7 heteroatoms. The molecule has 0 bridgehead atoms. The van der Waals surface area contributed by atoms with Crippen LogP contribution in [0, 0.1) is 0 Å². The summed E-state index contributed by atoms with van der Waals surface area (Å²) in [6.07, 6.45) is 1.71. The van der Waals surface area contributed by atoms with E-state index in [1.807, 2.05) is 11.0 Å². The smallest absolute Gasteiger partial charge is 0.223 e. The van der Waals surface area contributed by atoms with Crippen LogP contribution in [0.15, 0.2) is 30.5 Å². The van der Waals surface area contributed by atoms with Gasteiger partial charge < -0.3 is 15.5 Å². The fourth-order valence-electron chi connectivity index (χ4n) is 4.51. The highest BCUT2D eigenvalue weighted by atomic mass is 16.2. The molecule has 3 heterocycles. The largest absolute Gasteiger partial charge is 0.368 e. The van der Waals surface area contributed by atoms with E-state index in [2.05, 4.69) is 65.7 Å². The first-order valence-electron chi connectivity index (χ1n) is 10.1. The Balaban J connectivity index is 1.60. The third-order valence-corrected chi connectivity index (χ3v) is 6.16. The van der Waals surface area contributed by atoms with Gasteiger partial charge in [0.2, 0.25) is 11.9 Å². The molecule has 1 aromatic heterocycles. The Labute approximate surface area is 172 Å². The van der Waals surface area contributed by atoms with Crippen LogP contribution < -0.4 is 15.5 Å². The predicted molar refractivity (Wildman–Crippen MR) is 116 cm³/mol. The van der Waals surface area contributed by atoms with Crippen molar-refractivity contribution >= 4 is 23.2 Å². The number of amides is 1. The maximum Gasteiger partial charge on any atom is 0.223 e. The van der Waals surface area contributed by atoms with Crippen LogP contribution in [-0.2, 0) is 16.8 Å². The van der Waals surface area contributed by atoms with Crippen molar-refractivity contribution in [1.82, 2.24) is 14.9 Å². The number of rotatable bonds is 3. The van der Waals surface area contributed by atoms with Gasteiger partial charge in [0, 0.05) is 55.1 Å². The summed E-state index contributed by atoms with van der Waals surface area (Å²) < 4.78 is 0. The predicted octanol–water partition coefficient (Wildman–Crippen LogP) is 2.76. The lowest BCUT2D eigenvalue weighted by Crippen LogP contribution is -2.39. The van der Waals surface area contributed by atoms with Gasteiger partial charge in [-0.15, -0.1) is 0 Å². The maximum atomic E-state index is 12.2. The molecular formula is C22H30N6O. The van der Waals surface area contributed by atoms with Gasteiger partial charge in [0.25, 0.3) is 0 Å². The number of carbonyl (C=O) groups excluding carboxylic acids is 1. The fourth-order valence-corrected chi connectivity index (χ4v) is 4.51. The Morgan fingerprint density at radius 3 is 2.62 bits per heavy atom. The summed E-state index contributed by atoms with van der Waals surface area (Å²) >= 11 is 0. The highest BCUT2D eigenvalue weighted by molar-refractivity contribution is 5.95. The molecule has 0 saturated carbocycles. The number of hydrogen-bond acceptors (Lipinski definition) is 6. The topological polar surface area (TPSA) is 78.6 Å². The second-order valence-corrected chi connectivity index (χ2v) is 9.45. The molecule has 1 fully saturated rings. The molecule has 1 aromatic carbocycles. The fraction of sp³-hybridized carbons (Fsp3) is 0.500. The van der Waals surface area contributed by atoms with Crippen LogP contribution in [0.5, 0.6) is 0 Å². The number of anilines is 3. The highest BCUT2D eigenvalue weighted by Crippen LogP contribution is 2.43. The molecule has 29 heavy (non-hydrogen) atoms. The van der Waals surface area contributed by atoms with E-state index < -0.39 is 0 Å². The van der Waals surface area contributed by atoms with Crippen molar-refractivity contribution in [2.45, 2.75) is 52.1 Å². The van der Waals surface area contributed by atoms with Crippen LogP contribution in [0.25, 0.3) is 0 Å². The van der Waals surface area contributed by atoms with Crippen molar-refractivity contribution in [3.63, 3.8) is 0 Å². The van der Waals surface area contributed by atoms with Crippen molar-refractivity contribution in [3.05, 3.63) is 41.7 Å². The summed E-state index contributed by atoms with van der Waals surface area (Å²) in [5.41, 5.74) is 10.1. The molecule has 2 aromatic rings. The Hall–Kier alpha value is -2.67. The maximum absolute atomic E-state index is 12.2. The zero-order valence-electron chi connectivity index (χ0n) is 17.9. The van der Waals surface area contributed by atoms with Crippen LogP contribution in [0.1, 0.15) is 45.9 Å². The van der Waals surface area contributed by atoms with Gasteiger partial charge in [0.15, 0.2) is 0 Å². The van der Waals surface area contributed by atoms with Gasteiger partial charge >= 0.3 is 0 Å². The summed E-state index contributed by atoms with van der Waals surface area (Å²) in [4.78, 5) is 27.2. The molecule has 0 atom stereocenters. The average molecular weight is 395 g/mol. The average Bonchev–Trinajstić information content (AvgIpc) is 3.08. The SMILES string of the molecule is CC(=O)N1CC(C)(C)c2ccc(N3CN(Cc4ccnc(N)n4)C(C)(C)C3)cc21. The monoisotopic (exact) mass is 394 g/mol. The van der Waals surface area contributed by atoms with E-state index in [4.69, 9.17) is 5.73 Å². The Morgan fingerprint density at radius 1 is 1.17 bits per heavy atom. The zero-order valence-corrected chi connectivity index (χ0v) is 17.9. The summed E-state index contributed by atoms with van der Waals surface area (Å²) in [7, 11) is 0. The van der Waals surface area contributed by atoms with Crippen LogP contribution in [0.2, 0.25) is 0 Å². The Morgan fingerprint density at radius 2 is 1.93 bits per heavy atom. The summed E-state index contributed by atoms with van der Waals surface area (Å²) in [5, 5.41) is 0. The lowest BCUT2D eigenvalue weighted by Gasteiger charge is -2.29. The van der Waals surface area contributed by atoms with Crippen LogP contribution >= 0.6 is 0 Å². The lowest BCUT2D eigenvalue weighted by molar-refractivity contribution is -0.116. The molecule has 0 unspecified atom stereocenters. The standard InChI is InChI=1S/C22H30N6O/c1-15(29)28-12-21(2,3)18-7-6-17(10-19(18)28)26-13-22(4,5)27(14-26)11-16-8-9-24-20(23)25-16/h6-10H,11-14H2,1-5H3,(H2,23,24,25). The van der Waals surface area contributed by atoms with Crippen molar-refractivity contribution in [2.24, 2.45) is 0 Å².